The van der Waals surface area contributed by atoms with E-state index in [0.717, 1.165) is 36.3 Å². The minimum Gasteiger partial charge on any atom is -0.422 e. The molecule has 0 radical (unpaired) electrons. The highest BCUT2D eigenvalue weighted by atomic mass is 16.4. The minimum atomic E-state index is -0.276. The lowest BCUT2D eigenvalue weighted by Gasteiger charge is -2.09. The first-order chi connectivity index (χ1) is 11.2. The van der Waals surface area contributed by atoms with Crippen LogP contribution >= 0.6 is 0 Å². The molecule has 3 rings (SSSR count). The fourth-order valence-corrected chi connectivity index (χ4v) is 2.43. The standard InChI is InChI=1S/C19H20N2O2/c1-14-12-15-8-9-17(13-18(15)23-19(14)22)21-11-5-10-20-16-6-3-2-4-7-16/h2-4,6-9,12-13,20-21H,5,10-11H2,1H3. The maximum Gasteiger partial charge on any atom is 0.339 e. The van der Waals surface area contributed by atoms with Crippen LogP contribution < -0.4 is 16.3 Å². The Bertz CT molecular complexity index is 841. The van der Waals surface area contributed by atoms with Crippen LogP contribution in [-0.2, 0) is 0 Å². The highest BCUT2D eigenvalue weighted by Crippen LogP contribution is 2.18. The molecule has 0 aliphatic carbocycles. The average Bonchev–Trinajstić information content (AvgIpc) is 2.57. The molecule has 1 heterocycles. The number of hydrogen-bond donors (Lipinski definition) is 2. The van der Waals surface area contributed by atoms with E-state index in [1.54, 1.807) is 6.92 Å². The van der Waals surface area contributed by atoms with Crippen molar-refractivity contribution in [1.82, 2.24) is 0 Å². The van der Waals surface area contributed by atoms with E-state index >= 15 is 0 Å². The summed E-state index contributed by atoms with van der Waals surface area (Å²) in [5.74, 6) is 0. The van der Waals surface area contributed by atoms with Gasteiger partial charge in [-0.3, -0.25) is 0 Å². The molecule has 0 spiro atoms. The van der Waals surface area contributed by atoms with Crippen molar-refractivity contribution in [3.05, 3.63) is 70.6 Å². The number of nitrogens with one attached hydrogen (secondary N) is 2. The SMILES string of the molecule is Cc1cc2ccc(NCCCNc3ccccc3)cc2oc1=O. The molecule has 0 bridgehead atoms. The molecule has 118 valence electrons. The summed E-state index contributed by atoms with van der Waals surface area (Å²) in [6, 6.07) is 17.9. The number of rotatable bonds is 6. The largest absolute Gasteiger partial charge is 0.422 e. The summed E-state index contributed by atoms with van der Waals surface area (Å²) in [7, 11) is 0. The Morgan fingerprint density at radius 1 is 0.913 bits per heavy atom. The van der Waals surface area contributed by atoms with Crippen molar-refractivity contribution < 1.29 is 4.42 Å². The van der Waals surface area contributed by atoms with E-state index in [1.165, 1.54) is 0 Å². The molecule has 0 atom stereocenters. The van der Waals surface area contributed by atoms with Gasteiger partial charge in [0, 0.05) is 41.5 Å². The number of fused-ring (bicyclic) bond motifs is 1. The topological polar surface area (TPSA) is 54.3 Å². The molecule has 0 unspecified atom stereocenters. The zero-order valence-corrected chi connectivity index (χ0v) is 13.1. The van der Waals surface area contributed by atoms with Gasteiger partial charge >= 0.3 is 5.63 Å². The second-order valence-corrected chi connectivity index (χ2v) is 5.54. The van der Waals surface area contributed by atoms with Gasteiger partial charge in [-0.1, -0.05) is 18.2 Å². The fourth-order valence-electron chi connectivity index (χ4n) is 2.43. The number of benzene rings is 2. The van der Waals surface area contributed by atoms with E-state index in [1.807, 2.05) is 42.5 Å². The van der Waals surface area contributed by atoms with Gasteiger partial charge in [-0.25, -0.2) is 4.79 Å². The third kappa shape index (κ3) is 3.92. The molecule has 1 aromatic heterocycles. The molecule has 0 fully saturated rings. The third-order valence-electron chi connectivity index (χ3n) is 3.70. The van der Waals surface area contributed by atoms with Crippen molar-refractivity contribution in [2.24, 2.45) is 0 Å². The number of anilines is 2. The molecule has 4 heteroatoms. The second-order valence-electron chi connectivity index (χ2n) is 5.54. The van der Waals surface area contributed by atoms with Gasteiger partial charge < -0.3 is 15.1 Å². The van der Waals surface area contributed by atoms with Crippen LogP contribution in [0.15, 0.2) is 63.8 Å². The van der Waals surface area contributed by atoms with Gasteiger partial charge in [0.05, 0.1) is 0 Å². The van der Waals surface area contributed by atoms with Crippen LogP contribution in [0.25, 0.3) is 11.0 Å². The molecule has 0 saturated heterocycles. The van der Waals surface area contributed by atoms with Gasteiger partial charge in [-0.05, 0) is 43.7 Å². The molecule has 0 saturated carbocycles. The molecule has 23 heavy (non-hydrogen) atoms. The quantitative estimate of drug-likeness (QED) is 0.533. The van der Waals surface area contributed by atoms with Gasteiger partial charge in [0.25, 0.3) is 0 Å². The molecule has 0 amide bonds. The Morgan fingerprint density at radius 2 is 1.65 bits per heavy atom. The van der Waals surface area contributed by atoms with E-state index < -0.39 is 0 Å². The van der Waals surface area contributed by atoms with Crippen LogP contribution in [-0.4, -0.2) is 13.1 Å². The minimum absolute atomic E-state index is 0.276. The third-order valence-corrected chi connectivity index (χ3v) is 3.70. The van der Waals surface area contributed by atoms with Crippen LogP contribution in [0.3, 0.4) is 0 Å². The van der Waals surface area contributed by atoms with E-state index in [4.69, 9.17) is 4.42 Å². The number of hydrogen-bond acceptors (Lipinski definition) is 4. The molecule has 4 nitrogen and oxygen atoms in total. The lowest BCUT2D eigenvalue weighted by molar-refractivity contribution is 0.555. The monoisotopic (exact) mass is 308 g/mol. The van der Waals surface area contributed by atoms with Crippen molar-refractivity contribution in [3.63, 3.8) is 0 Å². The molecule has 3 aromatic rings. The van der Waals surface area contributed by atoms with Crippen LogP contribution in [0, 0.1) is 6.92 Å². The molecular weight excluding hydrogens is 288 g/mol. The van der Waals surface area contributed by atoms with Crippen LogP contribution in [0.5, 0.6) is 0 Å². The van der Waals surface area contributed by atoms with E-state index in [0.29, 0.717) is 11.1 Å². The fraction of sp³-hybridized carbons (Fsp3) is 0.211. The van der Waals surface area contributed by atoms with Crippen molar-refractivity contribution in [2.45, 2.75) is 13.3 Å². The summed E-state index contributed by atoms with van der Waals surface area (Å²) < 4.78 is 5.31. The maximum absolute atomic E-state index is 11.6. The number of para-hydroxylation sites is 1. The summed E-state index contributed by atoms with van der Waals surface area (Å²) in [6.07, 6.45) is 0.991. The van der Waals surface area contributed by atoms with Gasteiger partial charge in [-0.15, -0.1) is 0 Å². The Kier molecular flexibility index (Phi) is 4.62. The second kappa shape index (κ2) is 7.01. The van der Waals surface area contributed by atoms with Crippen molar-refractivity contribution in [2.75, 3.05) is 23.7 Å². The molecular formula is C19H20N2O2. The average molecular weight is 308 g/mol. The lowest BCUT2D eigenvalue weighted by atomic mass is 10.2. The van der Waals surface area contributed by atoms with Gasteiger partial charge in [0.1, 0.15) is 5.58 Å². The van der Waals surface area contributed by atoms with Crippen molar-refractivity contribution in [1.29, 1.82) is 0 Å². The molecule has 2 N–H and O–H groups in total. The summed E-state index contributed by atoms with van der Waals surface area (Å²) in [5, 5.41) is 7.67. The number of aryl methyl sites for hydroxylation is 1. The van der Waals surface area contributed by atoms with Crippen molar-refractivity contribution >= 4 is 22.3 Å². The first-order valence-corrected chi connectivity index (χ1v) is 7.80. The Labute approximate surface area is 135 Å². The molecule has 2 aromatic carbocycles. The smallest absolute Gasteiger partial charge is 0.339 e. The predicted molar refractivity (Wildman–Crippen MR) is 95.3 cm³/mol. The zero-order valence-electron chi connectivity index (χ0n) is 13.1. The Morgan fingerprint density at radius 3 is 2.43 bits per heavy atom. The van der Waals surface area contributed by atoms with Crippen LogP contribution in [0.2, 0.25) is 0 Å². The zero-order chi connectivity index (χ0) is 16.1. The highest BCUT2D eigenvalue weighted by molar-refractivity contribution is 5.80. The normalized spacial score (nSPS) is 10.7. The predicted octanol–water partition coefficient (Wildman–Crippen LogP) is 4.02. The van der Waals surface area contributed by atoms with Crippen LogP contribution in [0.1, 0.15) is 12.0 Å². The first-order valence-electron chi connectivity index (χ1n) is 7.80. The summed E-state index contributed by atoms with van der Waals surface area (Å²) >= 11 is 0. The van der Waals surface area contributed by atoms with Crippen molar-refractivity contribution in [3.8, 4) is 0 Å². The highest BCUT2D eigenvalue weighted by Gasteiger charge is 2.02. The van der Waals surface area contributed by atoms with Gasteiger partial charge in [0.15, 0.2) is 0 Å². The first kappa shape index (κ1) is 15.2. The molecule has 0 aliphatic heterocycles. The summed E-state index contributed by atoms with van der Waals surface area (Å²) in [4.78, 5) is 11.6. The van der Waals surface area contributed by atoms with Gasteiger partial charge in [-0.2, -0.15) is 0 Å². The lowest BCUT2D eigenvalue weighted by Crippen LogP contribution is -2.09. The van der Waals surface area contributed by atoms with E-state index in [-0.39, 0.29) is 5.63 Å². The van der Waals surface area contributed by atoms with E-state index in [9.17, 15) is 4.79 Å². The van der Waals surface area contributed by atoms with Gasteiger partial charge in [0.2, 0.25) is 0 Å². The van der Waals surface area contributed by atoms with Crippen LogP contribution in [0.4, 0.5) is 11.4 Å². The Balaban J connectivity index is 1.53. The maximum atomic E-state index is 11.6. The molecule has 0 aliphatic rings. The summed E-state index contributed by atoms with van der Waals surface area (Å²) in [6.45, 7) is 3.51. The van der Waals surface area contributed by atoms with E-state index in [2.05, 4.69) is 22.8 Å². The Hall–Kier alpha value is -2.75. The summed E-state index contributed by atoms with van der Waals surface area (Å²) in [5.41, 5.74) is 3.07.